The van der Waals surface area contributed by atoms with Crippen LogP contribution in [0.3, 0.4) is 0 Å². The van der Waals surface area contributed by atoms with Gasteiger partial charge in [-0.05, 0) is 73.2 Å². The van der Waals surface area contributed by atoms with Crippen LogP contribution in [-0.2, 0) is 0 Å². The highest BCUT2D eigenvalue weighted by molar-refractivity contribution is 7.95. The Morgan fingerprint density at radius 3 is 1.54 bits per heavy atom. The summed E-state index contributed by atoms with van der Waals surface area (Å²) < 4.78 is 0. The summed E-state index contributed by atoms with van der Waals surface area (Å²) in [5.74, 6) is 0. The van der Waals surface area contributed by atoms with Gasteiger partial charge in [-0.3, -0.25) is 0 Å². The molecule has 3 aromatic carbocycles. The van der Waals surface area contributed by atoms with Crippen LogP contribution >= 0.6 is 7.26 Å². The van der Waals surface area contributed by atoms with Gasteiger partial charge in [-0.15, -0.1) is 0 Å². The van der Waals surface area contributed by atoms with Gasteiger partial charge in [0.2, 0.25) is 0 Å². The molecule has 0 radical (unpaired) electrons. The summed E-state index contributed by atoms with van der Waals surface area (Å²) in [4.78, 5) is 0. The molecule has 0 aliphatic heterocycles. The number of benzene rings is 3. The molecule has 0 bridgehead atoms. The van der Waals surface area contributed by atoms with Gasteiger partial charge in [-0.1, -0.05) is 67.3 Å². The highest BCUT2D eigenvalue weighted by Crippen LogP contribution is 2.57. The Labute approximate surface area is 170 Å². The summed E-state index contributed by atoms with van der Waals surface area (Å²) in [7, 11) is -1.82. The van der Waals surface area contributed by atoms with Crippen LogP contribution in [-0.4, -0.2) is 6.16 Å². The third kappa shape index (κ3) is 3.75. The normalized spacial score (nSPS) is 14.4. The van der Waals surface area contributed by atoms with Crippen LogP contribution < -0.4 is 15.9 Å². The zero-order valence-electron chi connectivity index (χ0n) is 16.4. The van der Waals surface area contributed by atoms with Crippen LogP contribution in [0.1, 0.15) is 25.7 Å². The summed E-state index contributed by atoms with van der Waals surface area (Å²) in [6, 6.07) is 33.3. The molecule has 1 aliphatic carbocycles. The van der Waals surface area contributed by atoms with Crippen molar-refractivity contribution in [2.45, 2.75) is 25.7 Å². The molecule has 28 heavy (non-hydrogen) atoms. The molecule has 1 aliphatic rings. The Morgan fingerprint density at radius 1 is 0.679 bits per heavy atom. The van der Waals surface area contributed by atoms with Gasteiger partial charge in [0, 0.05) is 0 Å². The molecule has 1 heteroatoms. The van der Waals surface area contributed by atoms with E-state index in [-0.39, 0.29) is 0 Å². The van der Waals surface area contributed by atoms with E-state index in [1.807, 2.05) is 0 Å². The molecule has 0 N–H and O–H groups in total. The van der Waals surface area contributed by atoms with Gasteiger partial charge in [0.05, 0.1) is 6.16 Å². The summed E-state index contributed by atoms with van der Waals surface area (Å²) >= 11 is 0. The Kier molecular flexibility index (Phi) is 5.89. The van der Waals surface area contributed by atoms with Crippen molar-refractivity contribution in [3.63, 3.8) is 0 Å². The van der Waals surface area contributed by atoms with Crippen molar-refractivity contribution in [1.29, 1.82) is 0 Å². The van der Waals surface area contributed by atoms with E-state index in [4.69, 9.17) is 0 Å². The molecule has 0 heterocycles. The second kappa shape index (κ2) is 8.72. The van der Waals surface area contributed by atoms with E-state index in [1.54, 1.807) is 0 Å². The largest absolute Gasteiger partial charge is 0.116 e. The molecule has 140 valence electrons. The summed E-state index contributed by atoms with van der Waals surface area (Å²) in [6.07, 6.45) is 8.42. The molecule has 0 amide bonds. The van der Waals surface area contributed by atoms with Gasteiger partial charge in [0.1, 0.15) is 23.2 Å². The first kappa shape index (κ1) is 18.9. The molecule has 0 fully saturated rings. The maximum Gasteiger partial charge on any atom is 0.116 e. The molecule has 0 atom stereocenters. The summed E-state index contributed by atoms with van der Waals surface area (Å²) in [6.45, 7) is 4.60. The standard InChI is InChI=1S/C27H28P/c1-23(24-14-6-2-7-15-24)22-28(25-16-8-3-9-17-25,26-18-10-4-11-19-26)27-20-12-5-13-21-27/h3-5,8-14,16-21H,1-2,6-7,15,22H2/q+1. The van der Waals surface area contributed by atoms with Crippen molar-refractivity contribution in [3.8, 4) is 0 Å². The van der Waals surface area contributed by atoms with E-state index in [0.717, 1.165) is 6.16 Å². The highest BCUT2D eigenvalue weighted by atomic mass is 31.2. The van der Waals surface area contributed by atoms with Crippen molar-refractivity contribution in [1.82, 2.24) is 0 Å². The van der Waals surface area contributed by atoms with Crippen molar-refractivity contribution in [2.75, 3.05) is 6.16 Å². The lowest BCUT2D eigenvalue weighted by atomic mass is 9.95. The topological polar surface area (TPSA) is 0 Å². The van der Waals surface area contributed by atoms with E-state index in [2.05, 4.69) is 104 Å². The quantitative estimate of drug-likeness (QED) is 0.456. The van der Waals surface area contributed by atoms with Gasteiger partial charge in [0.15, 0.2) is 0 Å². The smallest absolute Gasteiger partial charge is 0.0919 e. The number of allylic oxidation sites excluding steroid dienone is 3. The minimum Gasteiger partial charge on any atom is -0.0919 e. The predicted molar refractivity (Wildman–Crippen MR) is 126 cm³/mol. The molecular formula is C27H28P+. The number of rotatable bonds is 6. The maximum atomic E-state index is 4.60. The lowest BCUT2D eigenvalue weighted by Gasteiger charge is -2.29. The van der Waals surface area contributed by atoms with E-state index in [1.165, 1.54) is 52.7 Å². The molecule has 0 unspecified atom stereocenters. The van der Waals surface area contributed by atoms with Gasteiger partial charge < -0.3 is 0 Å². The lowest BCUT2D eigenvalue weighted by Crippen LogP contribution is -2.34. The van der Waals surface area contributed by atoms with Crippen LogP contribution in [0, 0.1) is 0 Å². The fourth-order valence-corrected chi connectivity index (χ4v) is 8.58. The van der Waals surface area contributed by atoms with Gasteiger partial charge in [-0.2, -0.15) is 0 Å². The fraction of sp³-hybridized carbons (Fsp3) is 0.185. The molecule has 0 saturated heterocycles. The van der Waals surface area contributed by atoms with Gasteiger partial charge in [-0.25, -0.2) is 0 Å². The van der Waals surface area contributed by atoms with Crippen molar-refractivity contribution < 1.29 is 0 Å². The molecule has 0 nitrogen and oxygen atoms in total. The highest BCUT2D eigenvalue weighted by Gasteiger charge is 2.45. The number of hydrogen-bond donors (Lipinski definition) is 0. The Morgan fingerprint density at radius 2 is 1.14 bits per heavy atom. The molecular weight excluding hydrogens is 355 g/mol. The van der Waals surface area contributed by atoms with Crippen LogP contribution in [0.2, 0.25) is 0 Å². The van der Waals surface area contributed by atoms with E-state index < -0.39 is 7.26 Å². The fourth-order valence-electron chi connectivity index (χ4n) is 4.32. The first-order valence-electron chi connectivity index (χ1n) is 10.2. The van der Waals surface area contributed by atoms with Gasteiger partial charge in [0.25, 0.3) is 0 Å². The average Bonchev–Trinajstić information content (AvgIpc) is 2.80. The van der Waals surface area contributed by atoms with Crippen LogP contribution in [0.5, 0.6) is 0 Å². The molecule has 0 spiro atoms. The molecule has 0 aromatic heterocycles. The maximum absolute atomic E-state index is 4.60. The SMILES string of the molecule is C=C(C[P+](c1ccccc1)(c1ccccc1)c1ccccc1)C1=CCCCC1. The Balaban J connectivity index is 1.90. The van der Waals surface area contributed by atoms with Crippen LogP contribution in [0.4, 0.5) is 0 Å². The second-order valence-electron chi connectivity index (χ2n) is 7.55. The number of hydrogen-bond acceptors (Lipinski definition) is 0. The first-order valence-corrected chi connectivity index (χ1v) is 12.2. The van der Waals surface area contributed by atoms with Crippen LogP contribution in [0.15, 0.2) is 115 Å². The third-order valence-corrected chi connectivity index (χ3v) is 10.2. The monoisotopic (exact) mass is 383 g/mol. The van der Waals surface area contributed by atoms with Crippen LogP contribution in [0.25, 0.3) is 0 Å². The molecule has 0 saturated carbocycles. The van der Waals surface area contributed by atoms with E-state index >= 15 is 0 Å². The van der Waals surface area contributed by atoms with Crippen molar-refractivity contribution in [2.24, 2.45) is 0 Å². The lowest BCUT2D eigenvalue weighted by molar-refractivity contribution is 0.706. The van der Waals surface area contributed by atoms with Gasteiger partial charge >= 0.3 is 0 Å². The summed E-state index contributed by atoms with van der Waals surface area (Å²) in [5, 5.41) is 4.31. The van der Waals surface area contributed by atoms with Crippen molar-refractivity contribution >= 4 is 23.2 Å². The Hall–Kier alpha value is -2.43. The summed E-state index contributed by atoms with van der Waals surface area (Å²) in [5.41, 5.74) is 2.81. The molecule has 3 aromatic rings. The zero-order valence-corrected chi connectivity index (χ0v) is 17.3. The predicted octanol–water partition coefficient (Wildman–Crippen LogP) is 6.04. The zero-order chi connectivity index (χ0) is 19.2. The van der Waals surface area contributed by atoms with E-state index in [9.17, 15) is 0 Å². The Bertz CT molecular complexity index is 843. The minimum absolute atomic E-state index is 1.01. The third-order valence-electron chi connectivity index (χ3n) is 5.76. The average molecular weight is 383 g/mol. The minimum atomic E-state index is -1.82. The molecule has 4 rings (SSSR count). The van der Waals surface area contributed by atoms with E-state index in [0.29, 0.717) is 0 Å². The van der Waals surface area contributed by atoms with Crippen molar-refractivity contribution in [3.05, 3.63) is 115 Å². The second-order valence-corrected chi connectivity index (χ2v) is 11.0. The first-order chi connectivity index (χ1) is 13.8.